The summed E-state index contributed by atoms with van der Waals surface area (Å²) < 4.78 is 0. The Hall–Kier alpha value is -1.67. The molecule has 0 bridgehead atoms. The van der Waals surface area contributed by atoms with Crippen LogP contribution in [-0.4, -0.2) is 27.2 Å². The Morgan fingerprint density at radius 1 is 1.50 bits per heavy atom. The SMILES string of the molecule is CC1(C)C[C@H](Nc2ncncc2C#N)CC[C@@H]1O. The molecule has 1 aromatic rings. The van der Waals surface area contributed by atoms with Gasteiger partial charge in [-0.05, 0) is 24.7 Å². The van der Waals surface area contributed by atoms with Gasteiger partial charge in [-0.25, -0.2) is 9.97 Å². The van der Waals surface area contributed by atoms with E-state index in [1.54, 1.807) is 0 Å². The van der Waals surface area contributed by atoms with Crippen LogP contribution in [0.1, 0.15) is 38.7 Å². The van der Waals surface area contributed by atoms with Gasteiger partial charge in [-0.2, -0.15) is 5.26 Å². The first-order chi connectivity index (χ1) is 8.53. The number of aliphatic hydroxyl groups is 1. The number of aliphatic hydroxyl groups excluding tert-OH is 1. The number of hydrogen-bond donors (Lipinski definition) is 2. The highest BCUT2D eigenvalue weighted by molar-refractivity contribution is 5.50. The van der Waals surface area contributed by atoms with Crippen molar-refractivity contribution < 1.29 is 5.11 Å². The summed E-state index contributed by atoms with van der Waals surface area (Å²) in [5.41, 5.74) is 0.358. The highest BCUT2D eigenvalue weighted by Crippen LogP contribution is 2.36. The van der Waals surface area contributed by atoms with E-state index >= 15 is 0 Å². The summed E-state index contributed by atoms with van der Waals surface area (Å²) in [5, 5.41) is 22.2. The van der Waals surface area contributed by atoms with Gasteiger partial charge in [0.15, 0.2) is 0 Å². The van der Waals surface area contributed by atoms with Gasteiger partial charge in [0.05, 0.1) is 12.3 Å². The van der Waals surface area contributed by atoms with Gasteiger partial charge in [-0.15, -0.1) is 0 Å². The first-order valence-corrected chi connectivity index (χ1v) is 6.17. The highest BCUT2D eigenvalue weighted by Gasteiger charge is 2.35. The monoisotopic (exact) mass is 246 g/mol. The molecule has 0 saturated heterocycles. The van der Waals surface area contributed by atoms with Crippen molar-refractivity contribution in [1.82, 2.24) is 9.97 Å². The summed E-state index contributed by atoms with van der Waals surface area (Å²) in [7, 11) is 0. The molecule has 0 spiro atoms. The zero-order valence-corrected chi connectivity index (χ0v) is 10.7. The summed E-state index contributed by atoms with van der Waals surface area (Å²) in [4.78, 5) is 7.94. The zero-order chi connectivity index (χ0) is 13.2. The molecule has 2 rings (SSSR count). The third-order valence-electron chi connectivity index (χ3n) is 3.64. The number of hydrogen-bond acceptors (Lipinski definition) is 5. The third-order valence-corrected chi connectivity index (χ3v) is 3.64. The topological polar surface area (TPSA) is 81.8 Å². The number of nitriles is 1. The standard InChI is InChI=1S/C13H18N4O/c1-13(2)5-10(3-4-11(13)18)17-12-9(6-14)7-15-8-16-12/h7-8,10-11,18H,3-5H2,1-2H3,(H,15,16,17)/t10-,11+/m1/s1. The molecule has 1 aromatic heterocycles. The summed E-state index contributed by atoms with van der Waals surface area (Å²) >= 11 is 0. The summed E-state index contributed by atoms with van der Waals surface area (Å²) in [6, 6.07) is 2.32. The molecule has 2 N–H and O–H groups in total. The van der Waals surface area contributed by atoms with E-state index in [1.165, 1.54) is 12.5 Å². The lowest BCUT2D eigenvalue weighted by Crippen LogP contribution is -2.41. The number of nitrogens with one attached hydrogen (secondary N) is 1. The molecular weight excluding hydrogens is 228 g/mol. The second kappa shape index (κ2) is 4.91. The number of nitrogens with zero attached hydrogens (tertiary/aromatic N) is 3. The van der Waals surface area contributed by atoms with E-state index in [1.807, 2.05) is 0 Å². The predicted molar refractivity (Wildman–Crippen MR) is 67.8 cm³/mol. The van der Waals surface area contributed by atoms with Gasteiger partial charge in [0.25, 0.3) is 0 Å². The van der Waals surface area contributed by atoms with E-state index in [0.29, 0.717) is 11.4 Å². The summed E-state index contributed by atoms with van der Waals surface area (Å²) in [6.07, 6.45) is 5.22. The van der Waals surface area contributed by atoms with Gasteiger partial charge in [0.1, 0.15) is 23.8 Å². The Balaban J connectivity index is 2.09. The molecule has 0 radical (unpaired) electrons. The van der Waals surface area contributed by atoms with Crippen molar-refractivity contribution in [2.24, 2.45) is 5.41 Å². The molecule has 1 saturated carbocycles. The van der Waals surface area contributed by atoms with Gasteiger partial charge < -0.3 is 10.4 Å². The lowest BCUT2D eigenvalue weighted by Gasteiger charge is -2.40. The molecule has 1 aliphatic rings. The third kappa shape index (κ3) is 2.59. The minimum atomic E-state index is -0.253. The second-order valence-corrected chi connectivity index (χ2v) is 5.52. The average molecular weight is 246 g/mol. The lowest BCUT2D eigenvalue weighted by molar-refractivity contribution is 0.00926. The van der Waals surface area contributed by atoms with Crippen LogP contribution in [0.5, 0.6) is 0 Å². The molecule has 0 aromatic carbocycles. The molecule has 2 atom stereocenters. The summed E-state index contributed by atoms with van der Waals surface area (Å²) in [5.74, 6) is 0.588. The van der Waals surface area contributed by atoms with Crippen molar-refractivity contribution in [3.05, 3.63) is 18.1 Å². The quantitative estimate of drug-likeness (QED) is 0.830. The summed E-state index contributed by atoms with van der Waals surface area (Å²) in [6.45, 7) is 4.13. The largest absolute Gasteiger partial charge is 0.393 e. The molecule has 1 aliphatic carbocycles. The Labute approximate surface area is 107 Å². The van der Waals surface area contributed by atoms with Crippen LogP contribution in [0.25, 0.3) is 0 Å². The average Bonchev–Trinajstić information content (AvgIpc) is 2.34. The Morgan fingerprint density at radius 2 is 2.28 bits per heavy atom. The van der Waals surface area contributed by atoms with E-state index in [9.17, 15) is 5.11 Å². The van der Waals surface area contributed by atoms with Gasteiger partial charge in [0.2, 0.25) is 0 Å². The van der Waals surface area contributed by atoms with Gasteiger partial charge in [-0.3, -0.25) is 0 Å². The van der Waals surface area contributed by atoms with Crippen LogP contribution in [0.15, 0.2) is 12.5 Å². The van der Waals surface area contributed by atoms with Crippen LogP contribution in [0.4, 0.5) is 5.82 Å². The van der Waals surface area contributed by atoms with Crippen molar-refractivity contribution in [2.45, 2.75) is 45.3 Å². The maximum absolute atomic E-state index is 9.92. The van der Waals surface area contributed by atoms with Crippen LogP contribution in [-0.2, 0) is 0 Å². The molecule has 96 valence electrons. The molecule has 5 heteroatoms. The molecule has 0 amide bonds. The van der Waals surface area contributed by atoms with E-state index < -0.39 is 0 Å². The van der Waals surface area contributed by atoms with Crippen molar-refractivity contribution >= 4 is 5.82 Å². The van der Waals surface area contributed by atoms with Crippen LogP contribution in [0, 0.1) is 16.7 Å². The molecule has 0 unspecified atom stereocenters. The van der Waals surface area contributed by atoms with Gasteiger partial charge in [-0.1, -0.05) is 13.8 Å². The highest BCUT2D eigenvalue weighted by atomic mass is 16.3. The fourth-order valence-corrected chi connectivity index (χ4v) is 2.47. The Kier molecular flexibility index (Phi) is 3.48. The number of aromatic nitrogens is 2. The number of rotatable bonds is 2. The van der Waals surface area contributed by atoms with Crippen molar-refractivity contribution in [3.63, 3.8) is 0 Å². The molecule has 18 heavy (non-hydrogen) atoms. The Bertz CT molecular complexity index is 466. The van der Waals surface area contributed by atoms with Crippen molar-refractivity contribution in [3.8, 4) is 6.07 Å². The van der Waals surface area contributed by atoms with Crippen molar-refractivity contribution in [2.75, 3.05) is 5.32 Å². The maximum atomic E-state index is 9.92. The van der Waals surface area contributed by atoms with E-state index in [4.69, 9.17) is 5.26 Å². The van der Waals surface area contributed by atoms with E-state index in [2.05, 4.69) is 35.2 Å². The van der Waals surface area contributed by atoms with E-state index in [0.717, 1.165) is 19.3 Å². The number of anilines is 1. The first-order valence-electron chi connectivity index (χ1n) is 6.17. The molecule has 5 nitrogen and oxygen atoms in total. The van der Waals surface area contributed by atoms with Gasteiger partial charge >= 0.3 is 0 Å². The van der Waals surface area contributed by atoms with Crippen molar-refractivity contribution in [1.29, 1.82) is 5.26 Å². The normalized spacial score (nSPS) is 26.3. The minimum Gasteiger partial charge on any atom is -0.393 e. The molecule has 0 aliphatic heterocycles. The second-order valence-electron chi connectivity index (χ2n) is 5.52. The Morgan fingerprint density at radius 3 is 2.94 bits per heavy atom. The van der Waals surface area contributed by atoms with E-state index in [-0.39, 0.29) is 17.6 Å². The fraction of sp³-hybridized carbons (Fsp3) is 0.615. The van der Waals surface area contributed by atoms with Gasteiger partial charge in [0, 0.05) is 6.04 Å². The maximum Gasteiger partial charge on any atom is 0.147 e. The molecule has 1 fully saturated rings. The predicted octanol–water partition coefficient (Wildman–Crippen LogP) is 1.70. The minimum absolute atomic E-state index is 0.101. The van der Waals surface area contributed by atoms with Crippen LogP contribution < -0.4 is 5.32 Å². The van der Waals surface area contributed by atoms with Crippen LogP contribution in [0.3, 0.4) is 0 Å². The van der Waals surface area contributed by atoms with Crippen LogP contribution >= 0.6 is 0 Å². The zero-order valence-electron chi connectivity index (χ0n) is 10.7. The first kappa shape index (κ1) is 12.8. The smallest absolute Gasteiger partial charge is 0.147 e. The van der Waals surface area contributed by atoms with Crippen LogP contribution in [0.2, 0.25) is 0 Å². The fourth-order valence-electron chi connectivity index (χ4n) is 2.47. The molecular formula is C13H18N4O. The molecule has 1 heterocycles. The lowest BCUT2D eigenvalue weighted by atomic mass is 9.73.